The third-order valence-corrected chi connectivity index (χ3v) is 2.00. The van der Waals surface area contributed by atoms with Crippen LogP contribution in [0.4, 0.5) is 5.88 Å². The molecule has 0 spiro atoms. The first-order valence-corrected chi connectivity index (χ1v) is 4.44. The fourth-order valence-corrected chi connectivity index (χ4v) is 1.23. The third kappa shape index (κ3) is 1.58. The average molecular weight is 195 g/mol. The van der Waals surface area contributed by atoms with Crippen LogP contribution in [0.3, 0.4) is 0 Å². The van der Waals surface area contributed by atoms with Gasteiger partial charge in [-0.25, -0.2) is 4.98 Å². The van der Waals surface area contributed by atoms with Gasteiger partial charge in [0.2, 0.25) is 5.88 Å². The Morgan fingerprint density at radius 2 is 2.29 bits per heavy atom. The van der Waals surface area contributed by atoms with Gasteiger partial charge in [-0.05, 0) is 14.1 Å². The Hall–Kier alpha value is -1.49. The lowest BCUT2D eigenvalue weighted by Crippen LogP contribution is -2.15. The number of nitrogens with two attached hydrogens (primary N) is 1. The summed E-state index contributed by atoms with van der Waals surface area (Å²) in [6.07, 6.45) is 2.26. The van der Waals surface area contributed by atoms with Crippen LogP contribution >= 0.6 is 0 Å². The summed E-state index contributed by atoms with van der Waals surface area (Å²) in [5.41, 5.74) is 6.79. The van der Waals surface area contributed by atoms with E-state index in [1.807, 2.05) is 14.1 Å². The van der Waals surface area contributed by atoms with E-state index in [0.717, 1.165) is 13.0 Å². The zero-order valence-electron chi connectivity index (χ0n) is 8.28. The van der Waals surface area contributed by atoms with Gasteiger partial charge < -0.3 is 19.5 Å². The molecule has 0 radical (unpaired) electrons. The number of furan rings is 1. The van der Waals surface area contributed by atoms with E-state index in [9.17, 15) is 0 Å². The smallest absolute Gasteiger partial charge is 0.220 e. The van der Waals surface area contributed by atoms with Gasteiger partial charge in [0.25, 0.3) is 0 Å². The molecule has 0 aliphatic heterocycles. The molecule has 0 saturated carbocycles. The Kier molecular flexibility index (Phi) is 2.17. The maximum Gasteiger partial charge on any atom is 0.220 e. The topological polar surface area (TPSA) is 68.4 Å². The number of anilines is 1. The summed E-state index contributed by atoms with van der Waals surface area (Å²) in [7, 11) is 4.01. The molecule has 0 aliphatic carbocycles. The van der Waals surface area contributed by atoms with Gasteiger partial charge in [0.15, 0.2) is 17.0 Å². The number of likely N-dealkylation sites (N-methyl/N-ethyl adjacent to an activating group) is 1. The van der Waals surface area contributed by atoms with Crippen molar-refractivity contribution in [2.24, 2.45) is 0 Å². The Morgan fingerprint density at radius 1 is 1.50 bits per heavy atom. The van der Waals surface area contributed by atoms with Crippen molar-refractivity contribution in [2.45, 2.75) is 6.42 Å². The van der Waals surface area contributed by atoms with Gasteiger partial charge in [-0.1, -0.05) is 0 Å². The molecule has 5 heteroatoms. The van der Waals surface area contributed by atoms with E-state index in [2.05, 4.69) is 9.88 Å². The van der Waals surface area contributed by atoms with Crippen LogP contribution in [0.25, 0.3) is 11.1 Å². The maximum absolute atomic E-state index is 5.55. The first kappa shape index (κ1) is 9.08. The van der Waals surface area contributed by atoms with E-state index in [1.165, 1.54) is 6.26 Å². The standard InChI is InChI=1S/C9H13N3O2/c1-12(2)4-3-7-11-8-6(14-7)5-13-9(8)10/h5H,3-4,10H2,1-2H3. The Morgan fingerprint density at radius 3 is 2.93 bits per heavy atom. The van der Waals surface area contributed by atoms with Crippen molar-refractivity contribution in [3.05, 3.63) is 12.2 Å². The number of hydrogen-bond acceptors (Lipinski definition) is 5. The number of rotatable bonds is 3. The van der Waals surface area contributed by atoms with Gasteiger partial charge in [0.05, 0.1) is 0 Å². The fourth-order valence-electron chi connectivity index (χ4n) is 1.23. The average Bonchev–Trinajstić information content (AvgIpc) is 2.65. The van der Waals surface area contributed by atoms with Gasteiger partial charge in [0, 0.05) is 13.0 Å². The second-order valence-corrected chi connectivity index (χ2v) is 3.47. The summed E-state index contributed by atoms with van der Waals surface area (Å²) >= 11 is 0. The van der Waals surface area contributed by atoms with Crippen molar-refractivity contribution in [3.8, 4) is 0 Å². The van der Waals surface area contributed by atoms with E-state index < -0.39 is 0 Å². The molecular weight excluding hydrogens is 182 g/mol. The minimum Gasteiger partial charge on any atom is -0.443 e. The van der Waals surface area contributed by atoms with Crippen LogP contribution in [0.1, 0.15) is 5.89 Å². The summed E-state index contributed by atoms with van der Waals surface area (Å²) in [6.45, 7) is 0.903. The molecule has 0 unspecified atom stereocenters. The van der Waals surface area contributed by atoms with Gasteiger partial charge in [-0.15, -0.1) is 0 Å². The highest BCUT2D eigenvalue weighted by Gasteiger charge is 2.11. The van der Waals surface area contributed by atoms with E-state index in [0.29, 0.717) is 22.9 Å². The fraction of sp³-hybridized carbons (Fsp3) is 0.444. The summed E-state index contributed by atoms with van der Waals surface area (Å²) < 4.78 is 10.4. The molecule has 0 fully saturated rings. The molecule has 76 valence electrons. The highest BCUT2D eigenvalue weighted by Crippen LogP contribution is 2.23. The molecule has 0 aliphatic rings. The van der Waals surface area contributed by atoms with E-state index >= 15 is 0 Å². The van der Waals surface area contributed by atoms with Gasteiger partial charge in [-0.3, -0.25) is 0 Å². The van der Waals surface area contributed by atoms with Crippen molar-refractivity contribution in [2.75, 3.05) is 26.4 Å². The number of oxazole rings is 1. The maximum atomic E-state index is 5.55. The second kappa shape index (κ2) is 3.34. The summed E-state index contributed by atoms with van der Waals surface area (Å²) in [4.78, 5) is 6.30. The molecule has 0 amide bonds. The first-order valence-electron chi connectivity index (χ1n) is 4.44. The van der Waals surface area contributed by atoms with Gasteiger partial charge in [-0.2, -0.15) is 0 Å². The molecule has 2 heterocycles. The molecule has 0 aromatic carbocycles. The zero-order chi connectivity index (χ0) is 10.1. The van der Waals surface area contributed by atoms with Crippen LogP contribution in [-0.4, -0.2) is 30.5 Å². The monoisotopic (exact) mass is 195 g/mol. The Bertz CT molecular complexity index is 430. The molecule has 2 aromatic rings. The predicted octanol–water partition coefficient (Wildman–Crippen LogP) is 1.11. The van der Waals surface area contributed by atoms with Crippen LogP contribution in [-0.2, 0) is 6.42 Å². The Labute approximate surface area is 81.5 Å². The normalized spacial score (nSPS) is 11.6. The second-order valence-electron chi connectivity index (χ2n) is 3.47. The largest absolute Gasteiger partial charge is 0.443 e. The van der Waals surface area contributed by atoms with Crippen LogP contribution in [0.15, 0.2) is 15.1 Å². The molecule has 0 atom stereocenters. The van der Waals surface area contributed by atoms with Crippen LogP contribution in [0.5, 0.6) is 0 Å². The summed E-state index contributed by atoms with van der Waals surface area (Å²) in [6, 6.07) is 0. The van der Waals surface area contributed by atoms with Gasteiger partial charge >= 0.3 is 0 Å². The highest BCUT2D eigenvalue weighted by molar-refractivity contribution is 5.81. The van der Waals surface area contributed by atoms with Crippen molar-refractivity contribution in [1.29, 1.82) is 0 Å². The van der Waals surface area contributed by atoms with E-state index in [-0.39, 0.29) is 0 Å². The molecule has 2 aromatic heterocycles. The zero-order valence-corrected chi connectivity index (χ0v) is 8.28. The molecule has 2 N–H and O–H groups in total. The molecular formula is C9H13N3O2. The quantitative estimate of drug-likeness (QED) is 0.794. The first-order chi connectivity index (χ1) is 6.66. The molecule has 14 heavy (non-hydrogen) atoms. The van der Waals surface area contributed by atoms with Crippen LogP contribution < -0.4 is 5.73 Å². The minimum atomic E-state index is 0.319. The van der Waals surface area contributed by atoms with Crippen molar-refractivity contribution in [1.82, 2.24) is 9.88 Å². The number of fused-ring (bicyclic) bond motifs is 1. The molecule has 5 nitrogen and oxygen atoms in total. The number of nitrogens with zero attached hydrogens (tertiary/aromatic N) is 2. The molecule has 0 saturated heterocycles. The van der Waals surface area contributed by atoms with Crippen LogP contribution in [0, 0.1) is 0 Å². The number of nitrogen functional groups attached to an aromatic ring is 1. The highest BCUT2D eigenvalue weighted by atomic mass is 16.4. The number of hydrogen-bond donors (Lipinski definition) is 1. The SMILES string of the molecule is CN(C)CCc1nc2c(N)occ2o1. The molecule has 0 bridgehead atoms. The number of aromatic nitrogens is 1. The lowest BCUT2D eigenvalue weighted by atomic mass is 10.4. The predicted molar refractivity (Wildman–Crippen MR) is 52.9 cm³/mol. The Balaban J connectivity index is 2.19. The van der Waals surface area contributed by atoms with Crippen molar-refractivity contribution >= 4 is 17.0 Å². The summed E-state index contributed by atoms with van der Waals surface area (Å²) in [5.74, 6) is 1.02. The molecule has 2 rings (SSSR count). The van der Waals surface area contributed by atoms with E-state index in [1.54, 1.807) is 0 Å². The minimum absolute atomic E-state index is 0.319. The lowest BCUT2D eigenvalue weighted by molar-refractivity contribution is 0.388. The summed E-state index contributed by atoms with van der Waals surface area (Å²) in [5, 5.41) is 0. The lowest BCUT2D eigenvalue weighted by Gasteiger charge is -2.05. The van der Waals surface area contributed by atoms with Gasteiger partial charge in [0.1, 0.15) is 6.26 Å². The van der Waals surface area contributed by atoms with Crippen molar-refractivity contribution in [3.63, 3.8) is 0 Å². The van der Waals surface area contributed by atoms with E-state index in [4.69, 9.17) is 14.6 Å². The van der Waals surface area contributed by atoms with Crippen molar-refractivity contribution < 1.29 is 8.83 Å². The third-order valence-electron chi connectivity index (χ3n) is 2.00. The van der Waals surface area contributed by atoms with Crippen LogP contribution in [0.2, 0.25) is 0 Å².